The first-order valence-electron chi connectivity index (χ1n) is 9.48. The Kier molecular flexibility index (Phi) is 7.00. The molecule has 148 valence electrons. The van der Waals surface area contributed by atoms with E-state index < -0.39 is 0 Å². The molecule has 3 aromatic rings. The van der Waals surface area contributed by atoms with Crippen molar-refractivity contribution >= 4 is 23.6 Å². The molecule has 0 unspecified atom stereocenters. The minimum absolute atomic E-state index is 0.110. The van der Waals surface area contributed by atoms with Crippen LogP contribution in [0.1, 0.15) is 19.4 Å². The Hall–Kier alpha value is -3.60. The van der Waals surface area contributed by atoms with Gasteiger partial charge in [-0.25, -0.2) is 9.80 Å². The zero-order chi connectivity index (χ0) is 20.5. The van der Waals surface area contributed by atoms with Gasteiger partial charge in [-0.05, 0) is 67.9 Å². The monoisotopic (exact) mass is 388 g/mol. The summed E-state index contributed by atoms with van der Waals surface area (Å²) < 4.78 is 10.5. The number of hydrazone groups is 1. The number of carbonyl (C=O) groups is 1. The molecule has 5 nitrogen and oxygen atoms in total. The van der Waals surface area contributed by atoms with Gasteiger partial charge in [0.05, 0.1) is 23.7 Å². The third kappa shape index (κ3) is 6.21. The highest BCUT2D eigenvalue weighted by Crippen LogP contribution is 2.25. The van der Waals surface area contributed by atoms with Gasteiger partial charge in [0.15, 0.2) is 6.61 Å². The number of carbonyl (C=O) groups excluding carboxylic acids is 1. The molecule has 29 heavy (non-hydrogen) atoms. The Bertz CT molecular complexity index is 884. The molecule has 0 bridgehead atoms. The van der Waals surface area contributed by atoms with Crippen molar-refractivity contribution in [1.29, 1.82) is 0 Å². The summed E-state index contributed by atoms with van der Waals surface area (Å²) in [6.07, 6.45) is 1.64. The van der Waals surface area contributed by atoms with Crippen molar-refractivity contribution < 1.29 is 14.3 Å². The van der Waals surface area contributed by atoms with Gasteiger partial charge in [0.25, 0.3) is 0 Å². The highest BCUT2D eigenvalue weighted by atomic mass is 16.6. The molecule has 0 atom stereocenters. The van der Waals surface area contributed by atoms with Crippen LogP contribution in [0.3, 0.4) is 0 Å². The maximum Gasteiger partial charge on any atom is 0.344 e. The van der Waals surface area contributed by atoms with Crippen molar-refractivity contribution in [2.24, 2.45) is 5.10 Å². The molecular formula is C24H24N2O3. The van der Waals surface area contributed by atoms with Crippen LogP contribution in [-0.2, 0) is 9.53 Å². The zero-order valence-electron chi connectivity index (χ0n) is 16.6. The molecule has 0 radical (unpaired) electrons. The van der Waals surface area contributed by atoms with Crippen LogP contribution in [0.25, 0.3) is 0 Å². The molecule has 0 heterocycles. The normalized spacial score (nSPS) is 10.9. The van der Waals surface area contributed by atoms with E-state index in [1.54, 1.807) is 32.2 Å². The average molecular weight is 388 g/mol. The third-order valence-electron chi connectivity index (χ3n) is 3.93. The Balaban J connectivity index is 1.69. The maximum absolute atomic E-state index is 11.6. The molecule has 0 fully saturated rings. The lowest BCUT2D eigenvalue weighted by Gasteiger charge is -2.19. The van der Waals surface area contributed by atoms with Gasteiger partial charge >= 0.3 is 5.97 Å². The van der Waals surface area contributed by atoms with Gasteiger partial charge < -0.3 is 9.47 Å². The molecule has 0 amide bonds. The van der Waals surface area contributed by atoms with Gasteiger partial charge in [0.2, 0.25) is 0 Å². The van der Waals surface area contributed by atoms with Gasteiger partial charge in [-0.3, -0.25) is 0 Å². The number of esters is 1. The summed E-state index contributed by atoms with van der Waals surface area (Å²) in [6, 6.07) is 27.3. The van der Waals surface area contributed by atoms with Crippen molar-refractivity contribution in [2.45, 2.75) is 20.0 Å². The van der Waals surface area contributed by atoms with E-state index in [9.17, 15) is 4.79 Å². The van der Waals surface area contributed by atoms with Crippen LogP contribution in [0, 0.1) is 0 Å². The Morgan fingerprint density at radius 1 is 0.897 bits per heavy atom. The fourth-order valence-corrected chi connectivity index (χ4v) is 2.63. The lowest BCUT2D eigenvalue weighted by molar-refractivity contribution is -0.149. The number of hydrogen-bond acceptors (Lipinski definition) is 5. The summed E-state index contributed by atoms with van der Waals surface area (Å²) in [6.45, 7) is 3.50. The van der Waals surface area contributed by atoms with Crippen molar-refractivity contribution in [1.82, 2.24) is 0 Å². The molecule has 0 N–H and O–H groups in total. The van der Waals surface area contributed by atoms with Crippen LogP contribution in [0.4, 0.5) is 11.4 Å². The molecule has 3 aromatic carbocycles. The minimum atomic E-state index is -0.382. The molecule has 0 spiro atoms. The standard InChI is InChI=1S/C24H24N2O3/c1-19(2)29-24(27)18-28-23-15-13-20(14-16-23)17-25-26(21-9-5-3-6-10-21)22-11-7-4-8-12-22/h3-17,19H,18H2,1-2H3/b25-17-. The molecule has 0 aliphatic heterocycles. The summed E-state index contributed by atoms with van der Waals surface area (Å²) in [5.74, 6) is 0.220. The second kappa shape index (κ2) is 10.1. The highest BCUT2D eigenvalue weighted by Gasteiger charge is 2.08. The topological polar surface area (TPSA) is 51.1 Å². The van der Waals surface area contributed by atoms with E-state index in [1.165, 1.54) is 0 Å². The summed E-state index contributed by atoms with van der Waals surface area (Å²) >= 11 is 0. The summed E-state index contributed by atoms with van der Waals surface area (Å²) in [4.78, 5) is 11.6. The third-order valence-corrected chi connectivity index (χ3v) is 3.93. The quantitative estimate of drug-likeness (QED) is 0.303. The first-order chi connectivity index (χ1) is 14.1. The predicted octanol–water partition coefficient (Wildman–Crippen LogP) is 5.19. The van der Waals surface area contributed by atoms with Crippen molar-refractivity contribution in [3.8, 4) is 5.75 Å². The molecule has 0 saturated heterocycles. The second-order valence-electron chi connectivity index (χ2n) is 6.62. The molecule has 0 aromatic heterocycles. The molecule has 3 rings (SSSR count). The number of benzene rings is 3. The summed E-state index contributed by atoms with van der Waals surface area (Å²) in [5.41, 5.74) is 2.86. The van der Waals surface area contributed by atoms with Crippen LogP contribution in [-0.4, -0.2) is 24.9 Å². The van der Waals surface area contributed by atoms with Crippen molar-refractivity contribution in [2.75, 3.05) is 11.6 Å². The second-order valence-corrected chi connectivity index (χ2v) is 6.62. The summed E-state index contributed by atoms with van der Waals surface area (Å²) in [7, 11) is 0. The van der Waals surface area contributed by atoms with Gasteiger partial charge in [-0.2, -0.15) is 5.10 Å². The fraction of sp³-hybridized carbons (Fsp3) is 0.167. The number of para-hydroxylation sites is 2. The Morgan fingerprint density at radius 2 is 1.45 bits per heavy atom. The van der Waals surface area contributed by atoms with Gasteiger partial charge in [-0.15, -0.1) is 0 Å². The van der Waals surface area contributed by atoms with Crippen LogP contribution in [0.15, 0.2) is 90.0 Å². The first-order valence-corrected chi connectivity index (χ1v) is 9.48. The zero-order valence-corrected chi connectivity index (χ0v) is 16.6. The van der Waals surface area contributed by atoms with E-state index in [-0.39, 0.29) is 18.7 Å². The highest BCUT2D eigenvalue weighted by molar-refractivity contribution is 5.82. The maximum atomic E-state index is 11.6. The van der Waals surface area contributed by atoms with Gasteiger partial charge in [0, 0.05) is 0 Å². The Morgan fingerprint density at radius 3 is 1.97 bits per heavy atom. The van der Waals surface area contributed by atoms with Crippen LogP contribution in [0.2, 0.25) is 0 Å². The number of hydrogen-bond donors (Lipinski definition) is 0. The van der Waals surface area contributed by atoms with Crippen LogP contribution in [0.5, 0.6) is 5.75 Å². The van der Waals surface area contributed by atoms with E-state index in [0.29, 0.717) is 5.75 Å². The van der Waals surface area contributed by atoms with Crippen LogP contribution >= 0.6 is 0 Å². The van der Waals surface area contributed by atoms with Gasteiger partial charge in [-0.1, -0.05) is 36.4 Å². The van der Waals surface area contributed by atoms with E-state index in [0.717, 1.165) is 16.9 Å². The Labute approximate surface area is 171 Å². The summed E-state index contributed by atoms with van der Waals surface area (Å²) in [5, 5.41) is 6.55. The van der Waals surface area contributed by atoms with E-state index >= 15 is 0 Å². The number of ether oxygens (including phenoxy) is 2. The van der Waals surface area contributed by atoms with E-state index in [4.69, 9.17) is 9.47 Å². The number of nitrogens with zero attached hydrogens (tertiary/aromatic N) is 2. The number of rotatable bonds is 8. The van der Waals surface area contributed by atoms with Crippen LogP contribution < -0.4 is 9.75 Å². The van der Waals surface area contributed by atoms with E-state index in [1.807, 2.05) is 77.8 Å². The van der Waals surface area contributed by atoms with E-state index in [2.05, 4.69) is 5.10 Å². The molecule has 0 aliphatic rings. The van der Waals surface area contributed by atoms with Crippen molar-refractivity contribution in [3.05, 3.63) is 90.5 Å². The average Bonchev–Trinajstić information content (AvgIpc) is 2.74. The fourth-order valence-electron chi connectivity index (χ4n) is 2.63. The first kappa shape index (κ1) is 20.1. The van der Waals surface area contributed by atoms with Gasteiger partial charge in [0.1, 0.15) is 5.75 Å². The largest absolute Gasteiger partial charge is 0.482 e. The molecular weight excluding hydrogens is 364 g/mol. The van der Waals surface area contributed by atoms with Crippen molar-refractivity contribution in [3.63, 3.8) is 0 Å². The molecule has 0 aliphatic carbocycles. The smallest absolute Gasteiger partial charge is 0.344 e. The lowest BCUT2D eigenvalue weighted by atomic mass is 10.2. The SMILES string of the molecule is CC(C)OC(=O)COc1ccc(/C=N\N(c2ccccc2)c2ccccc2)cc1. The number of anilines is 2. The lowest BCUT2D eigenvalue weighted by Crippen LogP contribution is -2.18. The predicted molar refractivity (Wildman–Crippen MR) is 116 cm³/mol. The minimum Gasteiger partial charge on any atom is -0.482 e. The molecule has 0 saturated carbocycles. The molecule has 5 heteroatoms.